The molecule has 3 rings (SSSR count). The molecule has 21 heavy (non-hydrogen) atoms. The van der Waals surface area contributed by atoms with E-state index in [1.54, 1.807) is 18.2 Å². The van der Waals surface area contributed by atoms with Gasteiger partial charge in [-0.25, -0.2) is 4.79 Å². The quantitative estimate of drug-likeness (QED) is 0.769. The number of nitrogens with two attached hydrogens (primary N) is 2. The Morgan fingerprint density at radius 3 is 2.67 bits per heavy atom. The lowest BCUT2D eigenvalue weighted by Gasteiger charge is -2.13. The molecule has 0 bridgehead atoms. The molecule has 0 atom stereocenters. The largest absolute Gasteiger partial charge is 0.454 e. The SMILES string of the molecule is Cn1c(=O)c(N)c(N)n(Cc2ccc3c(c2)OCO3)c1=O. The number of nitrogen functional groups attached to an aromatic ring is 2. The number of anilines is 2. The van der Waals surface area contributed by atoms with Crippen LogP contribution in [0, 0.1) is 0 Å². The first-order valence-corrected chi connectivity index (χ1v) is 6.22. The van der Waals surface area contributed by atoms with Gasteiger partial charge in [0.1, 0.15) is 11.5 Å². The fraction of sp³-hybridized carbons (Fsp3) is 0.231. The predicted octanol–water partition coefficient (Wildman–Crippen LogP) is -0.512. The summed E-state index contributed by atoms with van der Waals surface area (Å²) in [7, 11) is 1.36. The van der Waals surface area contributed by atoms with E-state index in [0.29, 0.717) is 11.5 Å². The highest BCUT2D eigenvalue weighted by Gasteiger charge is 2.16. The second-order valence-electron chi connectivity index (χ2n) is 4.72. The highest BCUT2D eigenvalue weighted by molar-refractivity contribution is 5.57. The number of hydrogen-bond donors (Lipinski definition) is 2. The van der Waals surface area contributed by atoms with Gasteiger partial charge in [-0.15, -0.1) is 0 Å². The molecule has 2 heterocycles. The molecule has 0 amide bonds. The van der Waals surface area contributed by atoms with Crippen molar-refractivity contribution in [3.8, 4) is 11.5 Å². The van der Waals surface area contributed by atoms with Crippen LogP contribution in [-0.4, -0.2) is 15.9 Å². The number of ether oxygens (including phenoxy) is 2. The van der Waals surface area contributed by atoms with Crippen LogP contribution in [0.15, 0.2) is 27.8 Å². The maximum Gasteiger partial charge on any atom is 0.332 e. The monoisotopic (exact) mass is 290 g/mol. The van der Waals surface area contributed by atoms with Crippen molar-refractivity contribution in [3.05, 3.63) is 44.6 Å². The third-order valence-electron chi connectivity index (χ3n) is 3.40. The van der Waals surface area contributed by atoms with Crippen molar-refractivity contribution in [1.82, 2.24) is 9.13 Å². The van der Waals surface area contributed by atoms with E-state index in [1.165, 1.54) is 11.6 Å². The van der Waals surface area contributed by atoms with E-state index in [-0.39, 0.29) is 24.8 Å². The summed E-state index contributed by atoms with van der Waals surface area (Å²) in [6.07, 6.45) is 0. The van der Waals surface area contributed by atoms with E-state index in [1.807, 2.05) is 0 Å². The van der Waals surface area contributed by atoms with Crippen molar-refractivity contribution in [3.63, 3.8) is 0 Å². The summed E-state index contributed by atoms with van der Waals surface area (Å²) < 4.78 is 12.7. The maximum absolute atomic E-state index is 12.1. The summed E-state index contributed by atoms with van der Waals surface area (Å²) in [6.45, 7) is 0.354. The molecule has 8 heteroatoms. The lowest BCUT2D eigenvalue weighted by molar-refractivity contribution is 0.174. The highest BCUT2D eigenvalue weighted by atomic mass is 16.7. The van der Waals surface area contributed by atoms with E-state index < -0.39 is 11.2 Å². The van der Waals surface area contributed by atoms with Gasteiger partial charge in [-0.1, -0.05) is 6.07 Å². The third-order valence-corrected chi connectivity index (χ3v) is 3.40. The Morgan fingerprint density at radius 2 is 1.90 bits per heavy atom. The van der Waals surface area contributed by atoms with E-state index in [9.17, 15) is 9.59 Å². The Morgan fingerprint density at radius 1 is 1.19 bits per heavy atom. The summed E-state index contributed by atoms with van der Waals surface area (Å²) in [6, 6.07) is 5.31. The van der Waals surface area contributed by atoms with Crippen molar-refractivity contribution < 1.29 is 9.47 Å². The molecule has 0 fully saturated rings. The van der Waals surface area contributed by atoms with Crippen molar-refractivity contribution in [2.24, 2.45) is 7.05 Å². The lowest BCUT2D eigenvalue weighted by atomic mass is 10.2. The van der Waals surface area contributed by atoms with Gasteiger partial charge < -0.3 is 20.9 Å². The van der Waals surface area contributed by atoms with Crippen molar-refractivity contribution in [1.29, 1.82) is 0 Å². The number of hydrogen-bond acceptors (Lipinski definition) is 6. The smallest absolute Gasteiger partial charge is 0.332 e. The van der Waals surface area contributed by atoms with Gasteiger partial charge in [-0.2, -0.15) is 0 Å². The van der Waals surface area contributed by atoms with Crippen LogP contribution in [0.2, 0.25) is 0 Å². The third kappa shape index (κ3) is 2.00. The second kappa shape index (κ2) is 4.58. The minimum Gasteiger partial charge on any atom is -0.454 e. The normalized spacial score (nSPS) is 12.6. The van der Waals surface area contributed by atoms with Gasteiger partial charge in [0.25, 0.3) is 5.56 Å². The number of rotatable bonds is 2. The van der Waals surface area contributed by atoms with Gasteiger partial charge in [0.05, 0.1) is 6.54 Å². The Balaban J connectivity index is 2.07. The van der Waals surface area contributed by atoms with Crippen molar-refractivity contribution in [2.75, 3.05) is 18.3 Å². The van der Waals surface area contributed by atoms with Gasteiger partial charge in [-0.3, -0.25) is 13.9 Å². The molecule has 1 aromatic carbocycles. The van der Waals surface area contributed by atoms with Gasteiger partial charge in [-0.05, 0) is 17.7 Å². The van der Waals surface area contributed by atoms with Gasteiger partial charge in [0.15, 0.2) is 11.5 Å². The number of fused-ring (bicyclic) bond motifs is 1. The molecular weight excluding hydrogens is 276 g/mol. The summed E-state index contributed by atoms with van der Waals surface area (Å²) in [4.78, 5) is 23.8. The molecule has 1 aliphatic heterocycles. The summed E-state index contributed by atoms with van der Waals surface area (Å²) in [5.41, 5.74) is 10.9. The van der Waals surface area contributed by atoms with Gasteiger partial charge in [0, 0.05) is 7.05 Å². The first kappa shape index (κ1) is 13.1. The Labute approximate surface area is 119 Å². The van der Waals surface area contributed by atoms with Crippen LogP contribution < -0.4 is 32.2 Å². The molecule has 4 N–H and O–H groups in total. The molecule has 2 aromatic rings. The summed E-state index contributed by atoms with van der Waals surface area (Å²) >= 11 is 0. The molecule has 0 radical (unpaired) electrons. The topological polar surface area (TPSA) is 114 Å². The van der Waals surface area contributed by atoms with Crippen LogP contribution in [0.5, 0.6) is 11.5 Å². The maximum atomic E-state index is 12.1. The molecule has 1 aliphatic rings. The first-order chi connectivity index (χ1) is 9.99. The van der Waals surface area contributed by atoms with E-state index in [4.69, 9.17) is 20.9 Å². The van der Waals surface area contributed by atoms with Crippen molar-refractivity contribution >= 4 is 11.5 Å². The van der Waals surface area contributed by atoms with Crippen LogP contribution >= 0.6 is 0 Å². The van der Waals surface area contributed by atoms with Crippen molar-refractivity contribution in [2.45, 2.75) is 6.54 Å². The lowest BCUT2D eigenvalue weighted by Crippen LogP contribution is -2.40. The average Bonchev–Trinajstić information content (AvgIpc) is 2.95. The van der Waals surface area contributed by atoms with E-state index in [0.717, 1.165) is 10.1 Å². The summed E-state index contributed by atoms with van der Waals surface area (Å²) in [5, 5.41) is 0. The van der Waals surface area contributed by atoms with Crippen LogP contribution in [-0.2, 0) is 13.6 Å². The minimum atomic E-state index is -0.598. The van der Waals surface area contributed by atoms with Crippen LogP contribution in [0.4, 0.5) is 11.5 Å². The van der Waals surface area contributed by atoms with Crippen LogP contribution in [0.1, 0.15) is 5.56 Å². The fourth-order valence-electron chi connectivity index (χ4n) is 2.18. The van der Waals surface area contributed by atoms with Gasteiger partial charge in [0.2, 0.25) is 6.79 Å². The number of benzene rings is 1. The Kier molecular flexibility index (Phi) is 2.86. The second-order valence-corrected chi connectivity index (χ2v) is 4.72. The molecule has 0 aliphatic carbocycles. The van der Waals surface area contributed by atoms with Gasteiger partial charge >= 0.3 is 5.69 Å². The number of nitrogens with zero attached hydrogens (tertiary/aromatic N) is 2. The highest BCUT2D eigenvalue weighted by Crippen LogP contribution is 2.32. The number of aromatic nitrogens is 2. The zero-order valence-electron chi connectivity index (χ0n) is 11.3. The molecule has 0 spiro atoms. The molecule has 110 valence electrons. The van der Waals surface area contributed by atoms with Crippen LogP contribution in [0.25, 0.3) is 0 Å². The molecule has 0 saturated carbocycles. The average molecular weight is 290 g/mol. The van der Waals surface area contributed by atoms with E-state index >= 15 is 0 Å². The minimum absolute atomic E-state index is 0.0410. The predicted molar refractivity (Wildman–Crippen MR) is 76.4 cm³/mol. The first-order valence-electron chi connectivity index (χ1n) is 6.22. The fourth-order valence-corrected chi connectivity index (χ4v) is 2.18. The standard InChI is InChI=1S/C13H14N4O4/c1-16-12(18)10(14)11(15)17(13(16)19)5-7-2-3-8-9(4-7)21-6-20-8/h2-4H,5-6,14-15H2,1H3. The Hall–Kier alpha value is -2.90. The van der Waals surface area contributed by atoms with E-state index in [2.05, 4.69) is 0 Å². The molecular formula is C13H14N4O4. The zero-order valence-corrected chi connectivity index (χ0v) is 11.3. The molecule has 8 nitrogen and oxygen atoms in total. The molecule has 0 saturated heterocycles. The Bertz CT molecular complexity index is 837. The molecule has 1 aromatic heterocycles. The van der Waals surface area contributed by atoms with Crippen LogP contribution in [0.3, 0.4) is 0 Å². The zero-order chi connectivity index (χ0) is 15.1. The summed E-state index contributed by atoms with van der Waals surface area (Å²) in [5.74, 6) is 1.22. The molecule has 0 unspecified atom stereocenters.